The Bertz CT molecular complexity index is 957. The molecule has 0 fully saturated rings. The summed E-state index contributed by atoms with van der Waals surface area (Å²) >= 11 is 0. The molecule has 0 N–H and O–H groups in total. The van der Waals surface area contributed by atoms with Crippen LogP contribution in [0.4, 0.5) is 0 Å². The molecule has 0 radical (unpaired) electrons. The number of para-hydroxylation sites is 2. The lowest BCUT2D eigenvalue weighted by Gasteiger charge is -2.04. The van der Waals surface area contributed by atoms with Gasteiger partial charge in [0.25, 0.3) is 0 Å². The van der Waals surface area contributed by atoms with Gasteiger partial charge in [0.1, 0.15) is 23.8 Å². The van der Waals surface area contributed by atoms with Crippen molar-refractivity contribution in [3.05, 3.63) is 42.5 Å². The van der Waals surface area contributed by atoms with Crippen LogP contribution in [0.25, 0.3) is 22.1 Å². The van der Waals surface area contributed by atoms with E-state index in [1.54, 1.807) is 0 Å². The normalized spacial score (nSPS) is 11.2. The van der Waals surface area contributed by atoms with Gasteiger partial charge in [-0.15, -0.1) is 0 Å². The number of aromatic nitrogens is 2. The molecule has 8 heteroatoms. The maximum Gasteiger partial charge on any atom is 0.231 e. The van der Waals surface area contributed by atoms with Gasteiger partial charge in [-0.3, -0.25) is 4.18 Å². The Hall–Kier alpha value is -2.29. The highest BCUT2D eigenvalue weighted by molar-refractivity contribution is 7.80. The second-order valence-electron chi connectivity index (χ2n) is 4.82. The lowest BCUT2D eigenvalue weighted by molar-refractivity contribution is -0.617. The average Bonchev–Trinajstić information content (AvgIpc) is 2.55. The van der Waals surface area contributed by atoms with Crippen LogP contribution in [0.5, 0.6) is 5.75 Å². The van der Waals surface area contributed by atoms with Gasteiger partial charge in [0.05, 0.1) is 13.7 Å². The number of ether oxygens (including phenoxy) is 1. The number of hydrogen-bond donors (Lipinski definition) is 0. The maximum atomic E-state index is 9.22. The average molecular weight is 350 g/mol. The van der Waals surface area contributed by atoms with Crippen molar-refractivity contribution in [2.75, 3.05) is 13.7 Å². The minimum atomic E-state index is -4.41. The first-order valence-electron chi connectivity index (χ1n) is 7.18. The highest BCUT2D eigenvalue weighted by Gasteiger charge is 2.12. The quantitative estimate of drug-likeness (QED) is 0.309. The van der Waals surface area contributed by atoms with E-state index in [4.69, 9.17) is 4.74 Å². The van der Waals surface area contributed by atoms with Crippen molar-refractivity contribution >= 4 is 32.5 Å². The van der Waals surface area contributed by atoms with Crippen LogP contribution >= 0.6 is 0 Å². The Morgan fingerprint density at radius 3 is 2.38 bits per heavy atom. The minimum absolute atomic E-state index is 0.672. The molecule has 3 rings (SSSR count). The third-order valence-electron chi connectivity index (χ3n) is 3.31. The molecule has 0 aliphatic heterocycles. The van der Waals surface area contributed by atoms with E-state index in [9.17, 15) is 13.0 Å². The Labute approximate surface area is 140 Å². The first-order chi connectivity index (χ1) is 11.4. The van der Waals surface area contributed by atoms with Crippen LogP contribution in [-0.4, -0.2) is 31.7 Å². The topological polar surface area (TPSA) is 92.4 Å². The molecule has 24 heavy (non-hydrogen) atoms. The predicted octanol–water partition coefficient (Wildman–Crippen LogP) is 1.70. The number of aryl methyl sites for hydroxylation is 1. The van der Waals surface area contributed by atoms with Gasteiger partial charge in [-0.1, -0.05) is 12.1 Å². The summed E-state index contributed by atoms with van der Waals surface area (Å²) < 4.78 is 38.7. The van der Waals surface area contributed by atoms with Crippen molar-refractivity contribution in [3.8, 4) is 5.75 Å². The van der Waals surface area contributed by atoms with Gasteiger partial charge in [-0.25, -0.2) is 13.4 Å². The molecule has 7 nitrogen and oxygen atoms in total. The molecule has 2 aromatic carbocycles. The Balaban J connectivity index is 0.000000301. The summed E-state index contributed by atoms with van der Waals surface area (Å²) in [5.41, 5.74) is 4.20. The molecule has 0 saturated carbocycles. The van der Waals surface area contributed by atoms with Gasteiger partial charge in [-0.05, 0) is 19.1 Å². The standard InChI is InChI=1S/C15H15N2O.CH4O4S/c1-3-18-11-8-9-15-13(10-11)16-12-6-4-5-7-14(12)17(15)2;1-5-6(2,3)4/h4-10H,3H2,1-2H3;1H3,(H,2,3,4)/q+1;/p-1. The van der Waals surface area contributed by atoms with Crippen LogP contribution in [0.3, 0.4) is 0 Å². The Kier molecular flexibility index (Phi) is 5.66. The van der Waals surface area contributed by atoms with Gasteiger partial charge in [0.2, 0.25) is 21.4 Å². The second kappa shape index (κ2) is 7.52. The van der Waals surface area contributed by atoms with E-state index in [1.165, 1.54) is 0 Å². The van der Waals surface area contributed by atoms with E-state index < -0.39 is 10.4 Å². The zero-order valence-corrected chi connectivity index (χ0v) is 14.4. The first kappa shape index (κ1) is 18.1. The first-order valence-corrected chi connectivity index (χ1v) is 8.52. The van der Waals surface area contributed by atoms with Gasteiger partial charge in [0.15, 0.2) is 0 Å². The summed E-state index contributed by atoms with van der Waals surface area (Å²) in [6, 6.07) is 14.2. The lowest BCUT2D eigenvalue weighted by Crippen LogP contribution is -2.30. The third-order valence-corrected chi connectivity index (χ3v) is 3.72. The van der Waals surface area contributed by atoms with E-state index in [-0.39, 0.29) is 0 Å². The van der Waals surface area contributed by atoms with Crippen LogP contribution in [0.15, 0.2) is 42.5 Å². The fourth-order valence-electron chi connectivity index (χ4n) is 2.23. The molecule has 0 atom stereocenters. The summed E-state index contributed by atoms with van der Waals surface area (Å²) in [6.07, 6.45) is 0. The Morgan fingerprint density at radius 2 is 1.75 bits per heavy atom. The van der Waals surface area contributed by atoms with Crippen molar-refractivity contribution < 1.29 is 26.5 Å². The number of rotatable bonds is 3. The van der Waals surface area contributed by atoms with Crippen molar-refractivity contribution in [2.45, 2.75) is 6.92 Å². The fraction of sp³-hybridized carbons (Fsp3) is 0.250. The number of nitrogens with zero attached hydrogens (tertiary/aromatic N) is 2. The summed E-state index contributed by atoms with van der Waals surface area (Å²) in [5.74, 6) is 0.868. The van der Waals surface area contributed by atoms with E-state index in [1.807, 2.05) is 37.3 Å². The molecule has 0 unspecified atom stereocenters. The highest BCUT2D eigenvalue weighted by atomic mass is 32.3. The zero-order chi connectivity index (χ0) is 17.7. The van der Waals surface area contributed by atoms with E-state index in [2.05, 4.69) is 32.9 Å². The summed E-state index contributed by atoms with van der Waals surface area (Å²) in [5, 5.41) is 0. The second-order valence-corrected chi connectivity index (χ2v) is 5.97. The van der Waals surface area contributed by atoms with Crippen LogP contribution in [0.2, 0.25) is 0 Å². The molecular weight excluding hydrogens is 332 g/mol. The largest absolute Gasteiger partial charge is 0.726 e. The minimum Gasteiger partial charge on any atom is -0.726 e. The van der Waals surface area contributed by atoms with Crippen molar-refractivity contribution in [1.82, 2.24) is 4.98 Å². The number of hydrogen-bond acceptors (Lipinski definition) is 6. The van der Waals surface area contributed by atoms with Crippen LogP contribution in [0.1, 0.15) is 6.92 Å². The highest BCUT2D eigenvalue weighted by Crippen LogP contribution is 2.19. The smallest absolute Gasteiger partial charge is 0.231 e. The molecular formula is C16H18N2O5S. The van der Waals surface area contributed by atoms with E-state index >= 15 is 0 Å². The predicted molar refractivity (Wildman–Crippen MR) is 88.3 cm³/mol. The monoisotopic (exact) mass is 350 g/mol. The SMILES string of the molecule is CCOc1ccc2c(c1)nc1ccccc1[n+]2C.COS(=O)(=O)[O-]. The molecule has 0 aliphatic carbocycles. The molecule has 0 saturated heterocycles. The molecule has 1 heterocycles. The lowest BCUT2D eigenvalue weighted by atomic mass is 10.2. The van der Waals surface area contributed by atoms with Crippen molar-refractivity contribution in [2.24, 2.45) is 7.05 Å². The van der Waals surface area contributed by atoms with Crippen LogP contribution < -0.4 is 9.30 Å². The molecule has 3 aromatic rings. The fourth-order valence-corrected chi connectivity index (χ4v) is 2.23. The van der Waals surface area contributed by atoms with E-state index in [0.717, 1.165) is 34.9 Å². The molecule has 0 aliphatic rings. The van der Waals surface area contributed by atoms with E-state index in [0.29, 0.717) is 6.61 Å². The molecule has 1 aromatic heterocycles. The third kappa shape index (κ3) is 4.38. The number of fused-ring (bicyclic) bond motifs is 2. The molecule has 0 bridgehead atoms. The van der Waals surface area contributed by atoms with Crippen molar-refractivity contribution in [1.29, 1.82) is 0 Å². The molecule has 0 amide bonds. The van der Waals surface area contributed by atoms with Crippen LogP contribution in [-0.2, 0) is 21.6 Å². The number of benzene rings is 2. The van der Waals surface area contributed by atoms with Gasteiger partial charge in [0, 0.05) is 18.2 Å². The molecule has 128 valence electrons. The summed E-state index contributed by atoms with van der Waals surface area (Å²) in [4.78, 5) is 4.68. The van der Waals surface area contributed by atoms with Crippen LogP contribution in [0, 0.1) is 0 Å². The van der Waals surface area contributed by atoms with Gasteiger partial charge in [-0.2, -0.15) is 4.57 Å². The van der Waals surface area contributed by atoms with Crippen molar-refractivity contribution in [3.63, 3.8) is 0 Å². The zero-order valence-electron chi connectivity index (χ0n) is 13.6. The Morgan fingerprint density at radius 1 is 1.12 bits per heavy atom. The summed E-state index contributed by atoms with van der Waals surface area (Å²) in [6.45, 7) is 2.66. The maximum absolute atomic E-state index is 9.22. The summed E-state index contributed by atoms with van der Waals surface area (Å²) in [7, 11) is -1.54. The molecule has 0 spiro atoms. The van der Waals surface area contributed by atoms with Gasteiger partial charge >= 0.3 is 0 Å². The van der Waals surface area contributed by atoms with Gasteiger partial charge < -0.3 is 9.29 Å².